The summed E-state index contributed by atoms with van der Waals surface area (Å²) in [6.07, 6.45) is 3.99. The molecule has 28 heavy (non-hydrogen) atoms. The third-order valence-corrected chi connectivity index (χ3v) is 7.61. The molecule has 1 aromatic rings. The molecule has 10 heteroatoms. The molecule has 0 unspecified atom stereocenters. The van der Waals surface area contributed by atoms with Gasteiger partial charge in [0.25, 0.3) is 5.91 Å². The second-order valence-electron chi connectivity index (χ2n) is 6.91. The Morgan fingerprint density at radius 2 is 2.11 bits per heavy atom. The number of aliphatic carboxylic acids is 1. The minimum atomic E-state index is -3.97. The van der Waals surface area contributed by atoms with Gasteiger partial charge in [-0.1, -0.05) is 12.7 Å². The third kappa shape index (κ3) is 2.71. The van der Waals surface area contributed by atoms with Gasteiger partial charge in [-0.2, -0.15) is 0 Å². The van der Waals surface area contributed by atoms with Crippen molar-refractivity contribution >= 4 is 33.8 Å². The van der Waals surface area contributed by atoms with E-state index in [4.69, 9.17) is 4.74 Å². The topological polar surface area (TPSA) is 131 Å². The number of fused-ring (bicyclic) bond motifs is 1. The maximum absolute atomic E-state index is 12.8. The van der Waals surface area contributed by atoms with Crippen molar-refractivity contribution in [2.75, 3.05) is 6.61 Å². The van der Waals surface area contributed by atoms with Crippen LogP contribution in [0.4, 0.5) is 0 Å². The second kappa shape index (κ2) is 6.55. The molecule has 2 aliphatic rings. The van der Waals surface area contributed by atoms with Crippen LogP contribution in [0.1, 0.15) is 29.9 Å². The number of hydrogen-bond acceptors (Lipinski definition) is 7. The second-order valence-corrected chi connectivity index (χ2v) is 9.50. The highest BCUT2D eigenvalue weighted by molar-refractivity contribution is 7.94. The first-order valence-electron chi connectivity index (χ1n) is 8.28. The Morgan fingerprint density at radius 1 is 1.43 bits per heavy atom. The maximum atomic E-state index is 12.8. The standard InChI is InChI=1S/C18H18N2O7S/c1-4-7-27-17(24)10-5-6-19-11(8-10)9-12-14(21)20-13(16(22)23)18(2,3)28(25,26)15(12)20/h4-6,8-9,13,15H,1,7H2,2-3H3,(H,22,23)/b12-9-/t13-,15+/m0/s1. The molecule has 0 saturated carbocycles. The lowest BCUT2D eigenvalue weighted by Gasteiger charge is -2.37. The summed E-state index contributed by atoms with van der Waals surface area (Å²) in [5.41, 5.74) is 0.272. The van der Waals surface area contributed by atoms with Crippen LogP contribution in [0, 0.1) is 0 Å². The fourth-order valence-electron chi connectivity index (χ4n) is 3.37. The number of β-lactam (4-membered cyclic amide) rings is 1. The molecule has 1 amide bonds. The van der Waals surface area contributed by atoms with Gasteiger partial charge < -0.3 is 14.7 Å². The van der Waals surface area contributed by atoms with Crippen molar-refractivity contribution in [3.63, 3.8) is 0 Å². The fourth-order valence-corrected chi connectivity index (χ4v) is 5.49. The molecule has 2 atom stereocenters. The first-order chi connectivity index (χ1) is 13.0. The molecule has 0 spiro atoms. The number of sulfone groups is 1. The van der Waals surface area contributed by atoms with E-state index in [0.29, 0.717) is 0 Å². The lowest BCUT2D eigenvalue weighted by Crippen LogP contribution is -2.58. The smallest absolute Gasteiger partial charge is 0.338 e. The minimum Gasteiger partial charge on any atom is -0.480 e. The molecule has 148 valence electrons. The SMILES string of the molecule is C=CCOC(=O)c1ccnc(/C=C2/C(=O)N3[C@@H](C(=O)O)C(C)(C)S(=O)(=O)[C@H]23)c1. The molecule has 0 radical (unpaired) electrons. The quantitative estimate of drug-likeness (QED) is 0.326. The van der Waals surface area contributed by atoms with Gasteiger partial charge in [0.1, 0.15) is 11.4 Å². The lowest BCUT2D eigenvalue weighted by atomic mass is 9.95. The highest BCUT2D eigenvalue weighted by atomic mass is 32.2. The predicted molar refractivity (Wildman–Crippen MR) is 97.8 cm³/mol. The summed E-state index contributed by atoms with van der Waals surface area (Å²) in [5, 5.41) is 8.06. The zero-order chi connectivity index (χ0) is 20.9. The number of carbonyl (C=O) groups excluding carboxylic acids is 2. The van der Waals surface area contributed by atoms with Crippen molar-refractivity contribution in [1.29, 1.82) is 0 Å². The van der Waals surface area contributed by atoms with E-state index in [-0.39, 0.29) is 23.4 Å². The van der Waals surface area contributed by atoms with E-state index in [9.17, 15) is 27.9 Å². The molecule has 1 N–H and O–H groups in total. The average Bonchev–Trinajstić information content (AvgIpc) is 2.78. The molecule has 0 aliphatic carbocycles. The zero-order valence-electron chi connectivity index (χ0n) is 15.2. The number of hydrogen-bond donors (Lipinski definition) is 1. The molecule has 2 aliphatic heterocycles. The van der Waals surface area contributed by atoms with Gasteiger partial charge in [0.2, 0.25) is 0 Å². The molecular weight excluding hydrogens is 388 g/mol. The highest BCUT2D eigenvalue weighted by Crippen LogP contribution is 2.48. The van der Waals surface area contributed by atoms with Gasteiger partial charge in [-0.15, -0.1) is 0 Å². The number of carbonyl (C=O) groups is 3. The summed E-state index contributed by atoms with van der Waals surface area (Å²) in [7, 11) is -3.97. The van der Waals surface area contributed by atoms with Crippen molar-refractivity contribution in [3.8, 4) is 0 Å². The summed E-state index contributed by atoms with van der Waals surface area (Å²) >= 11 is 0. The van der Waals surface area contributed by atoms with Crippen LogP contribution in [0.5, 0.6) is 0 Å². The van der Waals surface area contributed by atoms with Crippen LogP contribution in [-0.4, -0.2) is 64.0 Å². The number of esters is 1. The van der Waals surface area contributed by atoms with E-state index in [1.807, 2.05) is 0 Å². The molecule has 3 heterocycles. The van der Waals surface area contributed by atoms with E-state index in [2.05, 4.69) is 11.6 Å². The van der Waals surface area contributed by atoms with Crippen LogP contribution in [-0.2, 0) is 24.2 Å². The Morgan fingerprint density at radius 3 is 2.71 bits per heavy atom. The Bertz CT molecular complexity index is 1030. The van der Waals surface area contributed by atoms with Crippen LogP contribution in [0.15, 0.2) is 36.6 Å². The summed E-state index contributed by atoms with van der Waals surface area (Å²) in [6.45, 7) is 6.05. The van der Waals surface area contributed by atoms with Gasteiger partial charge in [-0.3, -0.25) is 9.78 Å². The van der Waals surface area contributed by atoms with Crippen molar-refractivity contribution in [3.05, 3.63) is 47.8 Å². The van der Waals surface area contributed by atoms with E-state index in [0.717, 1.165) is 4.90 Å². The molecule has 2 fully saturated rings. The normalized spacial score (nSPS) is 25.7. The maximum Gasteiger partial charge on any atom is 0.338 e. The minimum absolute atomic E-state index is 0.0248. The summed E-state index contributed by atoms with van der Waals surface area (Å²) < 4.78 is 28.9. The molecule has 2 saturated heterocycles. The largest absolute Gasteiger partial charge is 0.480 e. The monoisotopic (exact) mass is 406 g/mol. The number of carboxylic acid groups (broad SMARTS) is 1. The van der Waals surface area contributed by atoms with E-state index in [1.54, 1.807) is 0 Å². The Labute approximate surface area is 161 Å². The zero-order valence-corrected chi connectivity index (χ0v) is 16.0. The van der Waals surface area contributed by atoms with E-state index in [1.165, 1.54) is 44.3 Å². The third-order valence-electron chi connectivity index (χ3n) is 4.85. The van der Waals surface area contributed by atoms with Gasteiger partial charge in [0.15, 0.2) is 21.3 Å². The molecule has 9 nitrogen and oxygen atoms in total. The number of nitrogens with zero attached hydrogens (tertiary/aromatic N) is 2. The van der Waals surface area contributed by atoms with Gasteiger partial charge in [0.05, 0.1) is 16.8 Å². The highest BCUT2D eigenvalue weighted by Gasteiger charge is 2.70. The number of amides is 1. The fraction of sp³-hybridized carbons (Fsp3) is 0.333. The van der Waals surface area contributed by atoms with E-state index >= 15 is 0 Å². The van der Waals surface area contributed by atoms with Crippen LogP contribution >= 0.6 is 0 Å². The number of aromatic nitrogens is 1. The molecular formula is C18H18N2O7S. The van der Waals surface area contributed by atoms with Gasteiger partial charge in [0, 0.05) is 6.20 Å². The van der Waals surface area contributed by atoms with Crippen LogP contribution < -0.4 is 0 Å². The number of carboxylic acids is 1. The summed E-state index contributed by atoms with van der Waals surface area (Å²) in [6, 6.07) is 1.30. The van der Waals surface area contributed by atoms with Gasteiger partial charge in [-0.05, 0) is 32.1 Å². The average molecular weight is 406 g/mol. The molecule has 1 aromatic heterocycles. The summed E-state index contributed by atoms with van der Waals surface area (Å²) in [5.74, 6) is -2.69. The van der Waals surface area contributed by atoms with Gasteiger partial charge in [-0.25, -0.2) is 18.0 Å². The molecule has 0 aromatic carbocycles. The Hall–Kier alpha value is -3.01. The van der Waals surface area contributed by atoms with Crippen molar-refractivity contribution in [2.45, 2.75) is 30.0 Å². The van der Waals surface area contributed by atoms with Crippen LogP contribution in [0.25, 0.3) is 6.08 Å². The number of rotatable bonds is 5. The Kier molecular flexibility index (Phi) is 4.62. The van der Waals surface area contributed by atoms with Crippen molar-refractivity contribution in [1.82, 2.24) is 9.88 Å². The lowest BCUT2D eigenvalue weighted by molar-refractivity contribution is -0.152. The summed E-state index contributed by atoms with van der Waals surface area (Å²) in [4.78, 5) is 40.9. The predicted octanol–water partition coefficient (Wildman–Crippen LogP) is 0.636. The number of ether oxygens (including phenoxy) is 1. The van der Waals surface area contributed by atoms with Crippen LogP contribution in [0.2, 0.25) is 0 Å². The Balaban J connectivity index is 1.98. The first-order valence-corrected chi connectivity index (χ1v) is 9.83. The van der Waals surface area contributed by atoms with Gasteiger partial charge >= 0.3 is 11.9 Å². The van der Waals surface area contributed by atoms with Crippen molar-refractivity contribution < 1.29 is 32.6 Å². The molecule has 0 bridgehead atoms. The molecule has 3 rings (SSSR count). The first kappa shape index (κ1) is 19.7. The number of pyridine rings is 1. The van der Waals surface area contributed by atoms with E-state index < -0.39 is 43.8 Å². The van der Waals surface area contributed by atoms with Crippen molar-refractivity contribution in [2.24, 2.45) is 0 Å². The van der Waals surface area contributed by atoms with Crippen LogP contribution in [0.3, 0.4) is 0 Å².